The fraction of sp³-hybridized carbons (Fsp3) is 0.111. The molecule has 1 aromatic heterocycles. The predicted molar refractivity (Wildman–Crippen MR) is 61.6 cm³/mol. The number of nitrogens with one attached hydrogen (secondary N) is 2. The average Bonchev–Trinajstić information content (AvgIpc) is 2.81. The lowest BCUT2D eigenvalue weighted by Crippen LogP contribution is -2.14. The van der Waals surface area contributed by atoms with Crippen molar-refractivity contribution in [3.63, 3.8) is 0 Å². The minimum absolute atomic E-state index is 0.141. The van der Waals surface area contributed by atoms with Crippen LogP contribution in [0.3, 0.4) is 0 Å². The molecule has 0 spiro atoms. The van der Waals surface area contributed by atoms with Crippen molar-refractivity contribution >= 4 is 28.3 Å². The minimum Gasteiger partial charge on any atom is -0.385 e. The van der Waals surface area contributed by atoms with Crippen LogP contribution in [0.4, 0.5) is 15.2 Å². The molecule has 6 nitrogen and oxygen atoms in total. The van der Waals surface area contributed by atoms with E-state index in [1.165, 1.54) is 18.2 Å². The molecule has 0 saturated carbocycles. The summed E-state index contributed by atoms with van der Waals surface area (Å²) in [4.78, 5) is 11.8. The summed E-state index contributed by atoms with van der Waals surface area (Å²) in [7, 11) is 1.54. The molecule has 2 aromatic rings. The number of halogens is 1. The summed E-state index contributed by atoms with van der Waals surface area (Å²) < 4.78 is 16.9. The Morgan fingerprint density at radius 2 is 2.29 bits per heavy atom. The first-order valence-electron chi connectivity index (χ1n) is 4.65. The first-order valence-corrected chi connectivity index (χ1v) is 5.42. The fourth-order valence-electron chi connectivity index (χ4n) is 1.31. The van der Waals surface area contributed by atoms with Crippen molar-refractivity contribution in [3.8, 4) is 0 Å². The van der Waals surface area contributed by atoms with Crippen LogP contribution < -0.4 is 10.6 Å². The SMILES string of the molecule is CNc1c(F)cccc1C(=O)Nc1nnns1. The summed E-state index contributed by atoms with van der Waals surface area (Å²) in [5.41, 5.74) is 0.338. The van der Waals surface area contributed by atoms with Crippen LogP contribution in [-0.4, -0.2) is 27.8 Å². The molecule has 0 aliphatic rings. The van der Waals surface area contributed by atoms with Gasteiger partial charge in [-0.15, -0.1) is 0 Å². The van der Waals surface area contributed by atoms with Crippen LogP contribution in [0.25, 0.3) is 0 Å². The Bertz CT molecular complexity index is 530. The van der Waals surface area contributed by atoms with Crippen molar-refractivity contribution in [3.05, 3.63) is 29.6 Å². The van der Waals surface area contributed by atoms with E-state index >= 15 is 0 Å². The van der Waals surface area contributed by atoms with E-state index < -0.39 is 11.7 Å². The Kier molecular flexibility index (Phi) is 3.24. The molecule has 2 rings (SSSR count). The molecule has 1 amide bonds. The number of carbonyl (C=O) groups is 1. The van der Waals surface area contributed by atoms with Gasteiger partial charge in [0.15, 0.2) is 0 Å². The van der Waals surface area contributed by atoms with E-state index in [1.54, 1.807) is 7.05 Å². The average molecular weight is 253 g/mol. The topological polar surface area (TPSA) is 79.8 Å². The van der Waals surface area contributed by atoms with Crippen LogP contribution in [0, 0.1) is 5.82 Å². The largest absolute Gasteiger partial charge is 0.385 e. The summed E-state index contributed by atoms with van der Waals surface area (Å²) in [6.45, 7) is 0. The van der Waals surface area contributed by atoms with Crippen molar-refractivity contribution in [2.24, 2.45) is 0 Å². The molecule has 88 valence electrons. The molecule has 0 saturated heterocycles. The number of hydrogen-bond acceptors (Lipinski definition) is 6. The maximum Gasteiger partial charge on any atom is 0.259 e. The third-order valence-corrected chi connectivity index (χ3v) is 2.54. The van der Waals surface area contributed by atoms with E-state index in [4.69, 9.17) is 0 Å². The smallest absolute Gasteiger partial charge is 0.259 e. The second-order valence-corrected chi connectivity index (χ2v) is 3.77. The lowest BCUT2D eigenvalue weighted by molar-refractivity contribution is 0.102. The van der Waals surface area contributed by atoms with E-state index in [-0.39, 0.29) is 16.4 Å². The number of amides is 1. The Balaban J connectivity index is 2.28. The number of carbonyl (C=O) groups excluding carboxylic acids is 1. The van der Waals surface area contributed by atoms with Crippen LogP contribution in [0.15, 0.2) is 18.2 Å². The number of benzene rings is 1. The van der Waals surface area contributed by atoms with Gasteiger partial charge in [-0.25, -0.2) is 4.39 Å². The number of rotatable bonds is 3. The number of anilines is 2. The van der Waals surface area contributed by atoms with Crippen molar-refractivity contribution < 1.29 is 9.18 Å². The van der Waals surface area contributed by atoms with Crippen LogP contribution in [0.5, 0.6) is 0 Å². The van der Waals surface area contributed by atoms with Crippen molar-refractivity contribution in [1.29, 1.82) is 0 Å². The van der Waals surface area contributed by atoms with Crippen molar-refractivity contribution in [2.45, 2.75) is 0 Å². The third kappa shape index (κ3) is 2.36. The number of hydrogen-bond donors (Lipinski definition) is 2. The molecule has 0 bridgehead atoms. The van der Waals surface area contributed by atoms with Gasteiger partial charge >= 0.3 is 0 Å². The van der Waals surface area contributed by atoms with E-state index in [1.807, 2.05) is 0 Å². The van der Waals surface area contributed by atoms with Gasteiger partial charge in [-0.1, -0.05) is 15.7 Å². The molecule has 1 heterocycles. The maximum atomic E-state index is 13.4. The Hall–Kier alpha value is -2.09. The second-order valence-electron chi connectivity index (χ2n) is 3.03. The summed E-state index contributed by atoms with van der Waals surface area (Å²) in [5.74, 6) is -0.956. The highest BCUT2D eigenvalue weighted by atomic mass is 32.1. The summed E-state index contributed by atoms with van der Waals surface area (Å²) >= 11 is 0.945. The molecule has 0 radical (unpaired) electrons. The molecule has 2 N–H and O–H groups in total. The van der Waals surface area contributed by atoms with E-state index in [0.717, 1.165) is 11.5 Å². The summed E-state index contributed by atoms with van der Waals surface area (Å²) in [6, 6.07) is 4.25. The van der Waals surface area contributed by atoms with Crippen LogP contribution in [0.2, 0.25) is 0 Å². The highest BCUT2D eigenvalue weighted by molar-refractivity contribution is 7.09. The molecule has 8 heteroatoms. The zero-order valence-electron chi connectivity index (χ0n) is 8.77. The molecule has 0 unspecified atom stereocenters. The van der Waals surface area contributed by atoms with Crippen LogP contribution in [-0.2, 0) is 0 Å². The Morgan fingerprint density at radius 3 is 2.94 bits per heavy atom. The molecule has 0 aliphatic heterocycles. The number of nitrogens with zero attached hydrogens (tertiary/aromatic N) is 3. The molecule has 1 aromatic carbocycles. The molecular formula is C9H8FN5OS. The summed E-state index contributed by atoms with van der Waals surface area (Å²) in [6.07, 6.45) is 0. The second kappa shape index (κ2) is 4.83. The Morgan fingerprint density at radius 1 is 1.47 bits per heavy atom. The van der Waals surface area contributed by atoms with Crippen LogP contribution >= 0.6 is 11.5 Å². The van der Waals surface area contributed by atoms with Crippen LogP contribution in [0.1, 0.15) is 10.4 Å². The molecule has 17 heavy (non-hydrogen) atoms. The van der Waals surface area contributed by atoms with E-state index in [2.05, 4.69) is 25.4 Å². The van der Waals surface area contributed by atoms with Gasteiger partial charge in [0.2, 0.25) is 5.13 Å². The van der Waals surface area contributed by atoms with Crippen molar-refractivity contribution in [1.82, 2.24) is 14.8 Å². The van der Waals surface area contributed by atoms with Gasteiger partial charge in [0.25, 0.3) is 5.91 Å². The highest BCUT2D eigenvalue weighted by Gasteiger charge is 2.15. The van der Waals surface area contributed by atoms with Gasteiger partial charge in [0.1, 0.15) is 5.82 Å². The molecule has 0 atom stereocenters. The zero-order chi connectivity index (χ0) is 12.3. The van der Waals surface area contributed by atoms with Gasteiger partial charge in [-0.2, -0.15) is 0 Å². The quantitative estimate of drug-likeness (QED) is 0.863. The number of para-hydroxylation sites is 1. The van der Waals surface area contributed by atoms with Gasteiger partial charge in [-0.3, -0.25) is 10.1 Å². The zero-order valence-corrected chi connectivity index (χ0v) is 9.58. The summed E-state index contributed by atoms with van der Waals surface area (Å²) in [5, 5.41) is 12.3. The lowest BCUT2D eigenvalue weighted by Gasteiger charge is -2.08. The first-order chi connectivity index (χ1) is 8.22. The van der Waals surface area contributed by atoms with Gasteiger partial charge in [0, 0.05) is 18.6 Å². The molecule has 0 fully saturated rings. The monoisotopic (exact) mass is 253 g/mol. The van der Waals surface area contributed by atoms with Crippen molar-refractivity contribution in [2.75, 3.05) is 17.7 Å². The highest BCUT2D eigenvalue weighted by Crippen LogP contribution is 2.20. The van der Waals surface area contributed by atoms with E-state index in [9.17, 15) is 9.18 Å². The van der Waals surface area contributed by atoms with Gasteiger partial charge in [0.05, 0.1) is 11.3 Å². The van der Waals surface area contributed by atoms with Gasteiger partial charge < -0.3 is 5.32 Å². The van der Waals surface area contributed by atoms with Gasteiger partial charge in [-0.05, 0) is 17.3 Å². The predicted octanol–water partition coefficient (Wildman–Crippen LogP) is 1.37. The number of aromatic nitrogens is 3. The normalized spacial score (nSPS) is 10.0. The Labute approximate surface area is 100 Å². The lowest BCUT2D eigenvalue weighted by atomic mass is 10.1. The standard InChI is InChI=1S/C9H8FN5OS/c1-11-7-5(3-2-4-6(7)10)8(16)12-9-13-14-15-17-9/h2-4,11H,1H3,(H,12,13,15,16). The first kappa shape index (κ1) is 11.4. The fourth-order valence-corrected chi connectivity index (χ4v) is 1.68. The minimum atomic E-state index is -0.490. The maximum absolute atomic E-state index is 13.4. The van der Waals surface area contributed by atoms with E-state index in [0.29, 0.717) is 0 Å². The molecular weight excluding hydrogens is 245 g/mol. The molecule has 0 aliphatic carbocycles. The third-order valence-electron chi connectivity index (χ3n) is 2.03.